The Morgan fingerprint density at radius 2 is 2.10 bits per heavy atom. The van der Waals surface area contributed by atoms with Gasteiger partial charge in [0.15, 0.2) is 0 Å². The number of rotatable bonds is 5. The molecule has 1 amide bonds. The highest BCUT2D eigenvalue weighted by molar-refractivity contribution is 5.94. The molecule has 1 aromatic carbocycles. The Labute approximate surface area is 170 Å². The van der Waals surface area contributed by atoms with E-state index in [1.54, 1.807) is 24.4 Å². The van der Waals surface area contributed by atoms with Crippen molar-refractivity contribution < 1.29 is 9.18 Å². The van der Waals surface area contributed by atoms with Gasteiger partial charge in [-0.25, -0.2) is 9.37 Å². The second kappa shape index (κ2) is 8.88. The molecule has 0 bridgehead atoms. The summed E-state index contributed by atoms with van der Waals surface area (Å²) in [6, 6.07) is 10.9. The molecule has 1 aromatic heterocycles. The van der Waals surface area contributed by atoms with E-state index in [9.17, 15) is 9.18 Å². The van der Waals surface area contributed by atoms with Crippen molar-refractivity contribution in [3.63, 3.8) is 0 Å². The van der Waals surface area contributed by atoms with Gasteiger partial charge in [-0.2, -0.15) is 0 Å². The molecule has 0 radical (unpaired) electrons. The molecule has 2 fully saturated rings. The van der Waals surface area contributed by atoms with E-state index >= 15 is 0 Å². The number of carbonyl (C=O) groups excluding carboxylic acids is 1. The van der Waals surface area contributed by atoms with Gasteiger partial charge in [0.1, 0.15) is 11.6 Å². The number of hydrazine groups is 1. The third-order valence-corrected chi connectivity index (χ3v) is 6.02. The molecule has 2 unspecified atom stereocenters. The fourth-order valence-electron chi connectivity index (χ4n) is 4.51. The van der Waals surface area contributed by atoms with Crippen LogP contribution in [-0.2, 0) is 0 Å². The van der Waals surface area contributed by atoms with E-state index in [0.29, 0.717) is 18.0 Å². The van der Waals surface area contributed by atoms with Crippen LogP contribution in [0.3, 0.4) is 0 Å². The average Bonchev–Trinajstić information content (AvgIpc) is 3.24. The third kappa shape index (κ3) is 4.41. The summed E-state index contributed by atoms with van der Waals surface area (Å²) in [4.78, 5) is 18.8. The van der Waals surface area contributed by atoms with Crippen LogP contribution in [0.25, 0.3) is 0 Å². The first-order chi connectivity index (χ1) is 14.2. The fraction of sp³-hybridized carbons (Fsp3) is 0.455. The third-order valence-electron chi connectivity index (χ3n) is 6.02. The maximum Gasteiger partial charge on any atom is 0.251 e. The predicted molar refractivity (Wildman–Crippen MR) is 111 cm³/mol. The molecule has 29 heavy (non-hydrogen) atoms. The number of nitrogens with one attached hydrogen (secondary N) is 3. The maximum atomic E-state index is 13.7. The molecule has 154 valence electrons. The Bertz CT molecular complexity index is 853. The van der Waals surface area contributed by atoms with Crippen LogP contribution in [0.2, 0.25) is 0 Å². The summed E-state index contributed by atoms with van der Waals surface area (Å²) in [6.45, 7) is 5.12. The fourth-order valence-corrected chi connectivity index (χ4v) is 4.51. The van der Waals surface area contributed by atoms with Crippen molar-refractivity contribution in [1.29, 1.82) is 0 Å². The maximum absolute atomic E-state index is 13.7. The van der Waals surface area contributed by atoms with Gasteiger partial charge in [0.2, 0.25) is 0 Å². The number of piperidine rings is 1. The van der Waals surface area contributed by atoms with E-state index in [1.807, 2.05) is 19.1 Å². The van der Waals surface area contributed by atoms with Gasteiger partial charge in [0.05, 0.1) is 0 Å². The minimum atomic E-state index is -0.180. The van der Waals surface area contributed by atoms with E-state index in [-0.39, 0.29) is 23.7 Å². The standard InChI is InChI=1S/C22H28FN5O/c1-2-24-22(29)17-6-9-25-20(13-17)28-10-7-15(8-11-28)21-19(14-26-27-21)16-4-3-5-18(23)12-16/h3-6,9,12-13,15,19,21,26-27H,2,7-8,10-11,14H2,1H3,(H,24,29). The summed E-state index contributed by atoms with van der Waals surface area (Å²) in [5, 5.41) is 2.83. The Hall–Kier alpha value is -2.51. The van der Waals surface area contributed by atoms with Crippen LogP contribution in [0.15, 0.2) is 42.6 Å². The lowest BCUT2D eigenvalue weighted by atomic mass is 9.80. The largest absolute Gasteiger partial charge is 0.357 e. The number of anilines is 1. The van der Waals surface area contributed by atoms with Crippen molar-refractivity contribution in [2.45, 2.75) is 31.7 Å². The van der Waals surface area contributed by atoms with Crippen molar-refractivity contribution in [2.75, 3.05) is 31.1 Å². The molecule has 2 aliphatic rings. The van der Waals surface area contributed by atoms with E-state index in [4.69, 9.17) is 0 Å². The van der Waals surface area contributed by atoms with Gasteiger partial charge in [-0.15, -0.1) is 0 Å². The zero-order valence-corrected chi connectivity index (χ0v) is 16.7. The Morgan fingerprint density at radius 1 is 1.28 bits per heavy atom. The lowest BCUT2D eigenvalue weighted by Crippen LogP contribution is -2.44. The number of nitrogens with zero attached hydrogens (tertiary/aromatic N) is 2. The first-order valence-corrected chi connectivity index (χ1v) is 10.4. The number of aromatic nitrogens is 1. The SMILES string of the molecule is CCNC(=O)c1ccnc(N2CCC(C3NNCC3c3cccc(F)c3)CC2)c1. The van der Waals surface area contributed by atoms with Crippen LogP contribution < -0.4 is 21.1 Å². The zero-order chi connectivity index (χ0) is 20.2. The van der Waals surface area contributed by atoms with Gasteiger partial charge < -0.3 is 10.2 Å². The number of amides is 1. The molecule has 4 rings (SSSR count). The quantitative estimate of drug-likeness (QED) is 0.723. The van der Waals surface area contributed by atoms with Gasteiger partial charge >= 0.3 is 0 Å². The second-order valence-corrected chi connectivity index (χ2v) is 7.80. The van der Waals surface area contributed by atoms with E-state index in [2.05, 4.69) is 26.1 Å². The molecular weight excluding hydrogens is 369 g/mol. The zero-order valence-electron chi connectivity index (χ0n) is 16.7. The van der Waals surface area contributed by atoms with Crippen molar-refractivity contribution in [1.82, 2.24) is 21.2 Å². The van der Waals surface area contributed by atoms with E-state index in [1.165, 1.54) is 6.07 Å². The highest BCUT2D eigenvalue weighted by Crippen LogP contribution is 2.33. The number of halogens is 1. The highest BCUT2D eigenvalue weighted by atomic mass is 19.1. The van der Waals surface area contributed by atoms with Gasteiger partial charge in [-0.05, 0) is 55.5 Å². The van der Waals surface area contributed by atoms with Crippen LogP contribution in [-0.4, -0.2) is 43.1 Å². The van der Waals surface area contributed by atoms with Crippen LogP contribution in [0, 0.1) is 11.7 Å². The summed E-state index contributed by atoms with van der Waals surface area (Å²) in [5.74, 6) is 1.38. The predicted octanol–water partition coefficient (Wildman–Crippen LogP) is 2.45. The van der Waals surface area contributed by atoms with Gasteiger partial charge in [0, 0.05) is 49.9 Å². The lowest BCUT2D eigenvalue weighted by molar-refractivity contribution is 0.0955. The molecule has 3 N–H and O–H groups in total. The molecule has 0 saturated carbocycles. The number of benzene rings is 1. The van der Waals surface area contributed by atoms with Gasteiger partial charge in [-0.1, -0.05) is 12.1 Å². The van der Waals surface area contributed by atoms with E-state index in [0.717, 1.165) is 43.9 Å². The Morgan fingerprint density at radius 3 is 2.86 bits per heavy atom. The molecule has 2 atom stereocenters. The van der Waals surface area contributed by atoms with Crippen LogP contribution >= 0.6 is 0 Å². The monoisotopic (exact) mass is 397 g/mol. The van der Waals surface area contributed by atoms with Gasteiger partial charge in [-0.3, -0.25) is 15.6 Å². The molecule has 7 heteroatoms. The number of pyridine rings is 1. The Kier molecular flexibility index (Phi) is 6.06. The lowest BCUT2D eigenvalue weighted by Gasteiger charge is -2.37. The molecule has 2 aliphatic heterocycles. The summed E-state index contributed by atoms with van der Waals surface area (Å²) < 4.78 is 13.7. The molecule has 0 aliphatic carbocycles. The Balaban J connectivity index is 1.40. The van der Waals surface area contributed by atoms with Gasteiger partial charge in [0.25, 0.3) is 5.91 Å². The summed E-state index contributed by atoms with van der Waals surface area (Å²) in [6.07, 6.45) is 3.75. The molecule has 0 spiro atoms. The van der Waals surface area contributed by atoms with Crippen molar-refractivity contribution in [2.24, 2.45) is 5.92 Å². The molecular formula is C22H28FN5O. The number of hydrogen-bond donors (Lipinski definition) is 3. The number of hydrogen-bond acceptors (Lipinski definition) is 5. The first-order valence-electron chi connectivity index (χ1n) is 10.4. The molecule has 2 saturated heterocycles. The van der Waals surface area contributed by atoms with Crippen molar-refractivity contribution in [3.8, 4) is 0 Å². The van der Waals surface area contributed by atoms with Crippen LogP contribution in [0.1, 0.15) is 41.6 Å². The average molecular weight is 397 g/mol. The first kappa shape index (κ1) is 19.8. The van der Waals surface area contributed by atoms with Crippen LogP contribution in [0.5, 0.6) is 0 Å². The molecule has 6 nitrogen and oxygen atoms in total. The van der Waals surface area contributed by atoms with Crippen molar-refractivity contribution >= 4 is 11.7 Å². The minimum absolute atomic E-state index is 0.0646. The highest BCUT2D eigenvalue weighted by Gasteiger charge is 2.36. The van der Waals surface area contributed by atoms with E-state index < -0.39 is 0 Å². The smallest absolute Gasteiger partial charge is 0.251 e. The summed E-state index contributed by atoms with van der Waals surface area (Å²) >= 11 is 0. The van der Waals surface area contributed by atoms with Crippen molar-refractivity contribution in [3.05, 3.63) is 59.5 Å². The van der Waals surface area contributed by atoms with Crippen LogP contribution in [0.4, 0.5) is 10.2 Å². The summed E-state index contributed by atoms with van der Waals surface area (Å²) in [5.41, 5.74) is 8.39. The second-order valence-electron chi connectivity index (χ2n) is 7.80. The molecule has 2 aromatic rings. The topological polar surface area (TPSA) is 69.3 Å². The molecule has 3 heterocycles. The minimum Gasteiger partial charge on any atom is -0.357 e. The normalized spacial score (nSPS) is 22.6. The number of carbonyl (C=O) groups is 1. The summed E-state index contributed by atoms with van der Waals surface area (Å²) in [7, 11) is 0.